The third-order valence-electron chi connectivity index (χ3n) is 4.80. The van der Waals surface area contributed by atoms with Crippen LogP contribution in [0.1, 0.15) is 11.1 Å². The van der Waals surface area contributed by atoms with E-state index in [0.29, 0.717) is 0 Å². The molecule has 0 spiro atoms. The summed E-state index contributed by atoms with van der Waals surface area (Å²) in [5, 5.41) is 2.63. The van der Waals surface area contributed by atoms with Gasteiger partial charge in [-0.05, 0) is 61.5 Å². The summed E-state index contributed by atoms with van der Waals surface area (Å²) in [6.07, 6.45) is -4.52. The lowest BCUT2D eigenvalue weighted by molar-refractivity contribution is -0.137. The van der Waals surface area contributed by atoms with Gasteiger partial charge in [0.05, 0.1) is 23.3 Å². The lowest BCUT2D eigenvalue weighted by Crippen LogP contribution is -2.38. The van der Waals surface area contributed by atoms with Gasteiger partial charge in [-0.25, -0.2) is 8.42 Å². The standard InChI is InChI=1S/C23H20ClF3N2O4S/c1-15-3-10-19(11-4-15)34(31,32)29(20-13-17(24)7-12-21(20)33-2)14-22(30)28-18-8-5-16(6-9-18)23(25,26)27/h3-13H,14H2,1-2H3,(H,28,30). The fourth-order valence-electron chi connectivity index (χ4n) is 3.07. The number of halogens is 4. The van der Waals surface area contributed by atoms with Gasteiger partial charge in [0.25, 0.3) is 10.0 Å². The second-order valence-electron chi connectivity index (χ2n) is 7.26. The molecule has 0 radical (unpaired) electrons. The van der Waals surface area contributed by atoms with E-state index in [0.717, 1.165) is 34.1 Å². The second kappa shape index (κ2) is 9.94. The molecule has 1 amide bonds. The summed E-state index contributed by atoms with van der Waals surface area (Å²) in [6.45, 7) is 1.11. The van der Waals surface area contributed by atoms with Crippen LogP contribution in [0, 0.1) is 6.92 Å². The molecule has 11 heteroatoms. The summed E-state index contributed by atoms with van der Waals surface area (Å²) >= 11 is 6.08. The minimum atomic E-state index is -4.52. The maximum Gasteiger partial charge on any atom is 0.416 e. The Bertz CT molecular complexity index is 1280. The van der Waals surface area contributed by atoms with Crippen molar-refractivity contribution >= 4 is 38.9 Å². The van der Waals surface area contributed by atoms with Gasteiger partial charge in [-0.2, -0.15) is 13.2 Å². The summed E-state index contributed by atoms with van der Waals surface area (Å²) in [5.41, 5.74) is 0.0607. The number of nitrogens with one attached hydrogen (secondary N) is 1. The smallest absolute Gasteiger partial charge is 0.416 e. The highest BCUT2D eigenvalue weighted by atomic mass is 35.5. The lowest BCUT2D eigenvalue weighted by Gasteiger charge is -2.26. The fourth-order valence-corrected chi connectivity index (χ4v) is 4.66. The average molecular weight is 513 g/mol. The number of hydrogen-bond acceptors (Lipinski definition) is 4. The number of methoxy groups -OCH3 is 1. The number of anilines is 2. The number of rotatable bonds is 7. The summed E-state index contributed by atoms with van der Waals surface area (Å²) in [5.74, 6) is -0.625. The van der Waals surface area contributed by atoms with E-state index in [1.807, 2.05) is 0 Å². The van der Waals surface area contributed by atoms with E-state index in [2.05, 4.69) is 5.32 Å². The van der Waals surface area contributed by atoms with E-state index in [4.69, 9.17) is 16.3 Å². The number of alkyl halides is 3. The normalized spacial score (nSPS) is 11.7. The Morgan fingerprint density at radius 1 is 1.03 bits per heavy atom. The van der Waals surface area contributed by atoms with Gasteiger partial charge < -0.3 is 10.1 Å². The van der Waals surface area contributed by atoms with E-state index in [1.54, 1.807) is 19.1 Å². The third-order valence-corrected chi connectivity index (χ3v) is 6.81. The third kappa shape index (κ3) is 5.81. The number of amides is 1. The van der Waals surface area contributed by atoms with Gasteiger partial charge >= 0.3 is 6.18 Å². The summed E-state index contributed by atoms with van der Waals surface area (Å²) < 4.78 is 71.4. The molecule has 3 aromatic rings. The molecule has 6 nitrogen and oxygen atoms in total. The molecular formula is C23H20ClF3N2O4S. The van der Waals surface area contributed by atoms with Crippen LogP contribution < -0.4 is 14.4 Å². The molecule has 0 saturated carbocycles. The number of ether oxygens (including phenoxy) is 1. The van der Waals surface area contributed by atoms with Crippen molar-refractivity contribution in [3.63, 3.8) is 0 Å². The zero-order valence-corrected chi connectivity index (χ0v) is 19.6. The van der Waals surface area contributed by atoms with Crippen molar-refractivity contribution in [2.75, 3.05) is 23.3 Å². The van der Waals surface area contributed by atoms with Gasteiger partial charge in [0.15, 0.2) is 0 Å². The highest BCUT2D eigenvalue weighted by Gasteiger charge is 2.31. The molecule has 0 aliphatic carbocycles. The quantitative estimate of drug-likeness (QED) is 0.453. The maximum absolute atomic E-state index is 13.5. The van der Waals surface area contributed by atoms with Crippen LogP contribution >= 0.6 is 11.6 Å². The molecule has 0 bridgehead atoms. The summed E-state index contributed by atoms with van der Waals surface area (Å²) in [6, 6.07) is 14.1. The molecule has 0 saturated heterocycles. The lowest BCUT2D eigenvalue weighted by atomic mass is 10.2. The van der Waals surface area contributed by atoms with Crippen molar-refractivity contribution in [1.29, 1.82) is 0 Å². The van der Waals surface area contributed by atoms with Crippen molar-refractivity contribution in [3.05, 3.63) is 82.9 Å². The molecule has 0 aliphatic rings. The molecule has 34 heavy (non-hydrogen) atoms. The predicted molar refractivity (Wildman–Crippen MR) is 124 cm³/mol. The van der Waals surface area contributed by atoms with Crippen LogP contribution in [0.5, 0.6) is 5.75 Å². The first-order valence-corrected chi connectivity index (χ1v) is 11.6. The molecule has 3 aromatic carbocycles. The number of hydrogen-bond donors (Lipinski definition) is 1. The highest BCUT2D eigenvalue weighted by Crippen LogP contribution is 2.35. The van der Waals surface area contributed by atoms with E-state index < -0.39 is 34.2 Å². The van der Waals surface area contributed by atoms with E-state index in [1.165, 1.54) is 37.4 Å². The molecule has 0 aromatic heterocycles. The van der Waals surface area contributed by atoms with Crippen LogP contribution in [0.15, 0.2) is 71.6 Å². The van der Waals surface area contributed by atoms with Crippen molar-refractivity contribution in [2.24, 2.45) is 0 Å². The van der Waals surface area contributed by atoms with Crippen LogP contribution in [0.25, 0.3) is 0 Å². The first-order chi connectivity index (χ1) is 15.9. The average Bonchev–Trinajstić information content (AvgIpc) is 2.77. The minimum absolute atomic E-state index is 0.0261. The van der Waals surface area contributed by atoms with Gasteiger partial charge in [-0.3, -0.25) is 9.10 Å². The number of carbonyl (C=O) groups excluding carboxylic acids is 1. The Morgan fingerprint density at radius 2 is 1.65 bits per heavy atom. The highest BCUT2D eigenvalue weighted by molar-refractivity contribution is 7.92. The van der Waals surface area contributed by atoms with Gasteiger partial charge in [0.2, 0.25) is 5.91 Å². The van der Waals surface area contributed by atoms with Gasteiger partial charge in [0.1, 0.15) is 12.3 Å². The number of benzene rings is 3. The molecule has 0 aliphatic heterocycles. The molecular weight excluding hydrogens is 493 g/mol. The first kappa shape index (κ1) is 25.4. The zero-order chi connectivity index (χ0) is 25.1. The molecule has 1 N–H and O–H groups in total. The van der Waals surface area contributed by atoms with Gasteiger partial charge in [-0.1, -0.05) is 29.3 Å². The van der Waals surface area contributed by atoms with Crippen LogP contribution in [-0.4, -0.2) is 28.0 Å². The summed E-state index contributed by atoms with van der Waals surface area (Å²) in [4.78, 5) is 12.7. The number of carbonyl (C=O) groups is 1. The molecule has 3 rings (SSSR count). The predicted octanol–water partition coefficient (Wildman–Crippen LogP) is 5.51. The molecule has 0 fully saturated rings. The van der Waals surface area contributed by atoms with Crippen LogP contribution in [0.2, 0.25) is 5.02 Å². The van der Waals surface area contributed by atoms with E-state index >= 15 is 0 Å². The van der Waals surface area contributed by atoms with Crippen molar-refractivity contribution in [1.82, 2.24) is 0 Å². The number of sulfonamides is 1. The van der Waals surface area contributed by atoms with E-state index in [-0.39, 0.29) is 27.0 Å². The number of nitrogens with zero attached hydrogens (tertiary/aromatic N) is 1. The Kier molecular flexibility index (Phi) is 7.42. The minimum Gasteiger partial charge on any atom is -0.495 e. The topological polar surface area (TPSA) is 75.7 Å². The van der Waals surface area contributed by atoms with Gasteiger partial charge in [0, 0.05) is 10.7 Å². The largest absolute Gasteiger partial charge is 0.495 e. The molecule has 0 heterocycles. The second-order valence-corrected chi connectivity index (χ2v) is 9.56. The Labute approximate surface area is 200 Å². The Hall–Kier alpha value is -3.24. The van der Waals surface area contributed by atoms with Crippen LogP contribution in [0.4, 0.5) is 24.5 Å². The fraction of sp³-hybridized carbons (Fsp3) is 0.174. The van der Waals surface area contributed by atoms with Crippen molar-refractivity contribution in [3.8, 4) is 5.75 Å². The first-order valence-electron chi connectivity index (χ1n) is 9.82. The van der Waals surface area contributed by atoms with Crippen molar-refractivity contribution < 1.29 is 31.1 Å². The van der Waals surface area contributed by atoms with Crippen LogP contribution in [0.3, 0.4) is 0 Å². The van der Waals surface area contributed by atoms with Crippen molar-refractivity contribution in [2.45, 2.75) is 18.0 Å². The monoisotopic (exact) mass is 512 g/mol. The Balaban J connectivity index is 1.97. The van der Waals surface area contributed by atoms with Crippen LogP contribution in [-0.2, 0) is 21.0 Å². The SMILES string of the molecule is COc1ccc(Cl)cc1N(CC(=O)Nc1ccc(C(F)(F)F)cc1)S(=O)(=O)c1ccc(C)cc1. The maximum atomic E-state index is 13.5. The molecule has 0 atom stereocenters. The summed E-state index contributed by atoms with van der Waals surface area (Å²) in [7, 11) is -2.91. The Morgan fingerprint density at radius 3 is 2.21 bits per heavy atom. The zero-order valence-electron chi connectivity index (χ0n) is 18.1. The van der Waals surface area contributed by atoms with E-state index in [9.17, 15) is 26.4 Å². The number of aryl methyl sites for hydroxylation is 1. The molecule has 0 unspecified atom stereocenters. The van der Waals surface area contributed by atoms with Gasteiger partial charge in [-0.15, -0.1) is 0 Å². The molecule has 180 valence electrons.